The van der Waals surface area contributed by atoms with Crippen LogP contribution >= 0.6 is 0 Å². The predicted octanol–water partition coefficient (Wildman–Crippen LogP) is 1.81. The Labute approximate surface area is 119 Å². The number of esters is 1. The summed E-state index contributed by atoms with van der Waals surface area (Å²) in [6, 6.07) is 5.76. The number of aryl methyl sites for hydroxylation is 1. The summed E-state index contributed by atoms with van der Waals surface area (Å²) in [6.45, 7) is 1.99. The highest BCUT2D eigenvalue weighted by Crippen LogP contribution is 2.35. The molecule has 2 N–H and O–H groups in total. The van der Waals surface area contributed by atoms with Crippen LogP contribution in [0.1, 0.15) is 24.8 Å². The highest BCUT2D eigenvalue weighted by atomic mass is 16.5. The number of ether oxygens (including phenoxy) is 3. The molecule has 0 radical (unpaired) electrons. The van der Waals surface area contributed by atoms with E-state index < -0.39 is 5.54 Å². The molecule has 0 saturated heterocycles. The number of rotatable bonds is 4. The van der Waals surface area contributed by atoms with E-state index in [1.807, 2.05) is 25.1 Å². The fourth-order valence-corrected chi connectivity index (χ4v) is 2.57. The number of hydrogen-bond acceptors (Lipinski definition) is 5. The monoisotopic (exact) mass is 279 g/mol. The van der Waals surface area contributed by atoms with Gasteiger partial charge in [0.2, 0.25) is 0 Å². The molecule has 5 heteroatoms. The smallest absolute Gasteiger partial charge is 0.325 e. The molecule has 1 saturated carbocycles. The molecule has 0 amide bonds. The first-order chi connectivity index (χ1) is 9.48. The van der Waals surface area contributed by atoms with Gasteiger partial charge in [0.15, 0.2) is 11.5 Å². The lowest BCUT2D eigenvalue weighted by Crippen LogP contribution is -2.47. The van der Waals surface area contributed by atoms with Gasteiger partial charge in [-0.25, -0.2) is 0 Å². The molecule has 1 aliphatic carbocycles. The van der Waals surface area contributed by atoms with Gasteiger partial charge in [0, 0.05) is 6.42 Å². The van der Waals surface area contributed by atoms with Gasteiger partial charge in [-0.2, -0.15) is 0 Å². The van der Waals surface area contributed by atoms with Gasteiger partial charge in [-0.05, 0) is 37.5 Å². The first kappa shape index (κ1) is 14.7. The lowest BCUT2D eigenvalue weighted by molar-refractivity contribution is -0.147. The summed E-state index contributed by atoms with van der Waals surface area (Å²) in [5.74, 6) is 0.995. The van der Waals surface area contributed by atoms with E-state index in [0.717, 1.165) is 12.0 Å². The normalized spacial score (nSPS) is 25.3. The minimum absolute atomic E-state index is 0.101. The van der Waals surface area contributed by atoms with E-state index in [0.29, 0.717) is 24.3 Å². The van der Waals surface area contributed by atoms with Crippen molar-refractivity contribution in [3.8, 4) is 11.5 Å². The predicted molar refractivity (Wildman–Crippen MR) is 74.9 cm³/mol. The Hall–Kier alpha value is -1.75. The van der Waals surface area contributed by atoms with Crippen LogP contribution in [0.5, 0.6) is 11.5 Å². The Bertz CT molecular complexity index is 503. The molecular formula is C15H21NO4. The van der Waals surface area contributed by atoms with Crippen LogP contribution < -0.4 is 15.2 Å². The molecule has 2 rings (SSSR count). The molecule has 0 heterocycles. The van der Waals surface area contributed by atoms with Crippen molar-refractivity contribution in [2.45, 2.75) is 37.8 Å². The Morgan fingerprint density at radius 1 is 1.35 bits per heavy atom. The van der Waals surface area contributed by atoms with E-state index in [4.69, 9.17) is 19.9 Å². The number of nitrogens with two attached hydrogens (primary N) is 1. The number of carbonyl (C=O) groups is 1. The average Bonchev–Trinajstić information content (AvgIpc) is 2.82. The van der Waals surface area contributed by atoms with Gasteiger partial charge < -0.3 is 19.9 Å². The Morgan fingerprint density at radius 2 is 2.10 bits per heavy atom. The standard InChI is InChI=1S/C15H21NO4/c1-10-4-5-12(13(8-10)18-2)20-11-6-7-15(16,9-11)14(17)19-3/h4-5,8,11H,6-7,9,16H2,1-3H3. The van der Waals surface area contributed by atoms with Crippen molar-refractivity contribution in [1.29, 1.82) is 0 Å². The number of hydrogen-bond donors (Lipinski definition) is 1. The van der Waals surface area contributed by atoms with Gasteiger partial charge in [-0.1, -0.05) is 6.07 Å². The van der Waals surface area contributed by atoms with E-state index in [1.165, 1.54) is 7.11 Å². The molecule has 0 spiro atoms. The lowest BCUT2D eigenvalue weighted by Gasteiger charge is -2.21. The van der Waals surface area contributed by atoms with E-state index in [-0.39, 0.29) is 12.1 Å². The summed E-state index contributed by atoms with van der Waals surface area (Å²) in [6.07, 6.45) is 1.65. The minimum Gasteiger partial charge on any atom is -0.493 e. The maximum Gasteiger partial charge on any atom is 0.325 e. The first-order valence-electron chi connectivity index (χ1n) is 6.67. The Balaban J connectivity index is 2.07. The second-order valence-corrected chi connectivity index (χ2v) is 5.28. The summed E-state index contributed by atoms with van der Waals surface area (Å²) in [7, 11) is 2.96. The topological polar surface area (TPSA) is 70.8 Å². The molecular weight excluding hydrogens is 258 g/mol. The third-order valence-corrected chi connectivity index (χ3v) is 3.71. The van der Waals surface area contributed by atoms with Gasteiger partial charge in [0.1, 0.15) is 11.6 Å². The largest absolute Gasteiger partial charge is 0.493 e. The zero-order valence-electron chi connectivity index (χ0n) is 12.1. The van der Waals surface area contributed by atoms with Gasteiger partial charge >= 0.3 is 5.97 Å². The van der Waals surface area contributed by atoms with E-state index >= 15 is 0 Å². The van der Waals surface area contributed by atoms with E-state index in [9.17, 15) is 4.79 Å². The third kappa shape index (κ3) is 2.88. The summed E-state index contributed by atoms with van der Waals surface area (Å²) in [5.41, 5.74) is 6.23. The van der Waals surface area contributed by atoms with Crippen molar-refractivity contribution in [3.63, 3.8) is 0 Å². The summed E-state index contributed by atoms with van der Waals surface area (Å²) >= 11 is 0. The Morgan fingerprint density at radius 3 is 2.75 bits per heavy atom. The van der Waals surface area contributed by atoms with Gasteiger partial charge in [-0.3, -0.25) is 4.79 Å². The van der Waals surface area contributed by atoms with Gasteiger partial charge in [0.25, 0.3) is 0 Å². The van der Waals surface area contributed by atoms with Crippen molar-refractivity contribution in [2.75, 3.05) is 14.2 Å². The molecule has 1 aliphatic rings. The maximum absolute atomic E-state index is 11.7. The molecule has 110 valence electrons. The quantitative estimate of drug-likeness (QED) is 0.851. The number of benzene rings is 1. The minimum atomic E-state index is -0.933. The van der Waals surface area contributed by atoms with Crippen molar-refractivity contribution >= 4 is 5.97 Å². The fraction of sp³-hybridized carbons (Fsp3) is 0.533. The average molecular weight is 279 g/mol. The van der Waals surface area contributed by atoms with Crippen LogP contribution in [0.4, 0.5) is 0 Å². The molecule has 0 aromatic heterocycles. The third-order valence-electron chi connectivity index (χ3n) is 3.71. The Kier molecular flexibility index (Phi) is 4.18. The van der Waals surface area contributed by atoms with Crippen LogP contribution in [0.2, 0.25) is 0 Å². The molecule has 0 bridgehead atoms. The second-order valence-electron chi connectivity index (χ2n) is 5.28. The summed E-state index contributed by atoms with van der Waals surface area (Å²) in [5, 5.41) is 0. The van der Waals surface area contributed by atoms with Crippen molar-refractivity contribution in [1.82, 2.24) is 0 Å². The van der Waals surface area contributed by atoms with Gasteiger partial charge in [-0.15, -0.1) is 0 Å². The van der Waals surface area contributed by atoms with E-state index in [1.54, 1.807) is 7.11 Å². The zero-order chi connectivity index (χ0) is 14.8. The van der Waals surface area contributed by atoms with Crippen molar-refractivity contribution in [2.24, 2.45) is 5.73 Å². The lowest BCUT2D eigenvalue weighted by atomic mass is 10.00. The van der Waals surface area contributed by atoms with Crippen LogP contribution in [0.3, 0.4) is 0 Å². The molecule has 2 unspecified atom stereocenters. The van der Waals surface area contributed by atoms with Crippen molar-refractivity contribution in [3.05, 3.63) is 23.8 Å². The van der Waals surface area contributed by atoms with Gasteiger partial charge in [0.05, 0.1) is 14.2 Å². The highest BCUT2D eigenvalue weighted by Gasteiger charge is 2.44. The van der Waals surface area contributed by atoms with E-state index in [2.05, 4.69) is 0 Å². The van der Waals surface area contributed by atoms with Crippen LogP contribution in [0.25, 0.3) is 0 Å². The number of methoxy groups -OCH3 is 2. The number of carbonyl (C=O) groups excluding carboxylic acids is 1. The fourth-order valence-electron chi connectivity index (χ4n) is 2.57. The SMILES string of the molecule is COC(=O)C1(N)CCC(Oc2ccc(C)cc2OC)C1. The van der Waals surface area contributed by atoms with Crippen molar-refractivity contribution < 1.29 is 19.0 Å². The molecule has 20 heavy (non-hydrogen) atoms. The molecule has 0 aliphatic heterocycles. The molecule has 1 aromatic carbocycles. The van der Waals surface area contributed by atoms with Crippen LogP contribution in [-0.2, 0) is 9.53 Å². The summed E-state index contributed by atoms with van der Waals surface area (Å²) in [4.78, 5) is 11.7. The molecule has 2 atom stereocenters. The van der Waals surface area contributed by atoms with Crippen LogP contribution in [-0.4, -0.2) is 31.8 Å². The van der Waals surface area contributed by atoms with Crippen LogP contribution in [0.15, 0.2) is 18.2 Å². The highest BCUT2D eigenvalue weighted by molar-refractivity contribution is 5.80. The molecule has 5 nitrogen and oxygen atoms in total. The first-order valence-corrected chi connectivity index (χ1v) is 6.67. The zero-order valence-corrected chi connectivity index (χ0v) is 12.1. The molecule has 1 aromatic rings. The van der Waals surface area contributed by atoms with Crippen LogP contribution in [0, 0.1) is 6.92 Å². The summed E-state index contributed by atoms with van der Waals surface area (Å²) < 4.78 is 16.0. The maximum atomic E-state index is 11.7. The second kappa shape index (κ2) is 5.71. The molecule has 1 fully saturated rings.